The van der Waals surface area contributed by atoms with Crippen LogP contribution in [0.15, 0.2) is 60.4 Å². The molecule has 0 aliphatic rings. The van der Waals surface area contributed by atoms with E-state index in [0.29, 0.717) is 17.4 Å². The molecule has 0 aliphatic heterocycles. The Balaban J connectivity index is 2.15. The van der Waals surface area contributed by atoms with E-state index in [-0.39, 0.29) is 23.0 Å². The molecule has 0 fully saturated rings. The van der Waals surface area contributed by atoms with E-state index in [4.69, 9.17) is 18.9 Å². The molecule has 0 unspecified atom stereocenters. The lowest BCUT2D eigenvalue weighted by atomic mass is 10.0. The number of ketones is 2. The van der Waals surface area contributed by atoms with E-state index in [1.807, 2.05) is 0 Å². The van der Waals surface area contributed by atoms with Gasteiger partial charge in [0.2, 0.25) is 0 Å². The van der Waals surface area contributed by atoms with Crippen molar-refractivity contribution >= 4 is 35.7 Å². The van der Waals surface area contributed by atoms with Crippen LogP contribution in [-0.4, -0.2) is 42.8 Å². The van der Waals surface area contributed by atoms with Crippen LogP contribution in [0.4, 0.5) is 0 Å². The fourth-order valence-corrected chi connectivity index (χ4v) is 2.83. The predicted octanol–water partition coefficient (Wildman–Crippen LogP) is 3.86. The van der Waals surface area contributed by atoms with Crippen molar-refractivity contribution in [3.05, 3.63) is 71.5 Å². The Kier molecular flexibility index (Phi) is 9.53. The average molecular weight is 480 g/mol. The van der Waals surface area contributed by atoms with Gasteiger partial charge in [-0.3, -0.25) is 19.2 Å². The summed E-state index contributed by atoms with van der Waals surface area (Å²) in [6.07, 6.45) is 5.51. The van der Waals surface area contributed by atoms with E-state index >= 15 is 0 Å². The van der Waals surface area contributed by atoms with Crippen LogP contribution in [-0.2, 0) is 19.2 Å². The normalized spacial score (nSPS) is 10.6. The second kappa shape index (κ2) is 12.5. The van der Waals surface area contributed by atoms with Gasteiger partial charge in [0.15, 0.2) is 34.6 Å². The van der Waals surface area contributed by atoms with Crippen LogP contribution in [0, 0.1) is 0 Å². The van der Waals surface area contributed by atoms with Gasteiger partial charge in [-0.2, -0.15) is 0 Å². The van der Waals surface area contributed by atoms with Gasteiger partial charge in [0.1, 0.15) is 5.57 Å². The summed E-state index contributed by atoms with van der Waals surface area (Å²) >= 11 is 0. The smallest absolute Gasteiger partial charge is 0.308 e. The van der Waals surface area contributed by atoms with Gasteiger partial charge in [0.25, 0.3) is 0 Å². The molecule has 9 nitrogen and oxygen atoms in total. The summed E-state index contributed by atoms with van der Waals surface area (Å²) in [5.74, 6) is -1.48. The predicted molar refractivity (Wildman–Crippen MR) is 127 cm³/mol. The van der Waals surface area contributed by atoms with Crippen LogP contribution in [0.5, 0.6) is 23.0 Å². The van der Waals surface area contributed by atoms with Crippen LogP contribution in [0.3, 0.4) is 0 Å². The van der Waals surface area contributed by atoms with Crippen molar-refractivity contribution in [2.24, 2.45) is 0 Å². The molecule has 0 saturated carbocycles. The fourth-order valence-electron chi connectivity index (χ4n) is 2.83. The molecule has 0 atom stereocenters. The highest BCUT2D eigenvalue weighted by Crippen LogP contribution is 2.29. The molecule has 2 aromatic rings. The molecule has 2 aromatic carbocycles. The van der Waals surface area contributed by atoms with Crippen molar-refractivity contribution in [1.82, 2.24) is 0 Å². The molecule has 182 valence electrons. The number of allylic oxidation sites excluding steroid dienone is 3. The molecule has 0 aliphatic carbocycles. The van der Waals surface area contributed by atoms with E-state index in [0.717, 1.165) is 12.2 Å². The number of esters is 2. The van der Waals surface area contributed by atoms with Crippen LogP contribution >= 0.6 is 0 Å². The summed E-state index contributed by atoms with van der Waals surface area (Å²) < 4.78 is 20.4. The minimum absolute atomic E-state index is 0.220. The highest BCUT2D eigenvalue weighted by atomic mass is 16.6. The van der Waals surface area contributed by atoms with Gasteiger partial charge in [0, 0.05) is 13.8 Å². The maximum Gasteiger partial charge on any atom is 0.308 e. The largest absolute Gasteiger partial charge is 0.515 e. The lowest BCUT2D eigenvalue weighted by Gasteiger charge is -2.08. The third-order valence-corrected chi connectivity index (χ3v) is 4.40. The lowest BCUT2D eigenvalue weighted by molar-refractivity contribution is -0.132. The zero-order valence-corrected chi connectivity index (χ0v) is 19.6. The Labute approximate surface area is 201 Å². The molecule has 0 spiro atoms. The van der Waals surface area contributed by atoms with Crippen molar-refractivity contribution in [3.63, 3.8) is 0 Å². The number of benzene rings is 2. The van der Waals surface area contributed by atoms with Gasteiger partial charge in [-0.05, 0) is 47.5 Å². The Hall–Kier alpha value is -4.66. The zero-order valence-electron chi connectivity index (χ0n) is 19.6. The minimum Gasteiger partial charge on any atom is -0.515 e. The van der Waals surface area contributed by atoms with Crippen molar-refractivity contribution in [1.29, 1.82) is 0 Å². The first kappa shape index (κ1) is 26.6. The van der Waals surface area contributed by atoms with Crippen LogP contribution in [0.2, 0.25) is 0 Å². The fraction of sp³-hybridized carbons (Fsp3) is 0.154. The summed E-state index contributed by atoms with van der Waals surface area (Å²) in [5, 5.41) is 9.46. The van der Waals surface area contributed by atoms with Gasteiger partial charge in [-0.1, -0.05) is 24.3 Å². The Morgan fingerprint density at radius 3 is 1.40 bits per heavy atom. The first-order valence-corrected chi connectivity index (χ1v) is 10.2. The summed E-state index contributed by atoms with van der Waals surface area (Å²) in [5.41, 5.74) is 0.613. The Morgan fingerprint density at radius 2 is 1.09 bits per heavy atom. The summed E-state index contributed by atoms with van der Waals surface area (Å²) in [4.78, 5) is 47.3. The number of hydrogen-bond donors (Lipinski definition) is 1. The number of aliphatic hydroxyl groups excluding tert-OH is 1. The molecule has 0 heterocycles. The molecule has 35 heavy (non-hydrogen) atoms. The molecule has 1 N–H and O–H groups in total. The number of carbonyl (C=O) groups is 4. The van der Waals surface area contributed by atoms with Crippen molar-refractivity contribution in [3.8, 4) is 23.0 Å². The standard InChI is InChI=1S/C26H24O9/c1-16(28)34-23-11-7-18(13-25(23)32-3)5-9-21(30)20(15-27)22(31)10-6-19-8-12-24(35-17(2)29)26(14-19)33-4/h5-15,27H,1-4H3/b9-5+,10-6+. The molecule has 2 rings (SSSR count). The molecule has 9 heteroatoms. The average Bonchev–Trinajstić information content (AvgIpc) is 2.82. The van der Waals surface area contributed by atoms with Crippen LogP contribution in [0.1, 0.15) is 25.0 Å². The van der Waals surface area contributed by atoms with Gasteiger partial charge in [-0.15, -0.1) is 0 Å². The molecule has 0 saturated heterocycles. The minimum atomic E-state index is -0.729. The van der Waals surface area contributed by atoms with Gasteiger partial charge in [-0.25, -0.2) is 0 Å². The third-order valence-electron chi connectivity index (χ3n) is 4.40. The van der Waals surface area contributed by atoms with Crippen LogP contribution < -0.4 is 18.9 Å². The van der Waals surface area contributed by atoms with Crippen molar-refractivity contribution in [2.75, 3.05) is 14.2 Å². The number of rotatable bonds is 10. The SMILES string of the molecule is COc1cc(/C=C/C(=O)C(=CO)C(=O)/C=C/c2ccc(OC(C)=O)c(OC)c2)ccc1OC(C)=O. The number of carbonyl (C=O) groups excluding carboxylic acids is 4. The lowest BCUT2D eigenvalue weighted by Crippen LogP contribution is -2.08. The third kappa shape index (κ3) is 7.71. The number of aliphatic hydroxyl groups is 1. The zero-order chi connectivity index (χ0) is 26.0. The monoisotopic (exact) mass is 480 g/mol. The van der Waals surface area contributed by atoms with Crippen molar-refractivity contribution in [2.45, 2.75) is 13.8 Å². The van der Waals surface area contributed by atoms with Crippen LogP contribution in [0.25, 0.3) is 12.2 Å². The van der Waals surface area contributed by atoms with Crippen molar-refractivity contribution < 1.29 is 43.2 Å². The maximum absolute atomic E-state index is 12.5. The Bertz CT molecular complexity index is 1130. The highest BCUT2D eigenvalue weighted by Gasteiger charge is 2.15. The topological polar surface area (TPSA) is 125 Å². The quantitative estimate of drug-likeness (QED) is 0.135. The molecule has 0 radical (unpaired) electrons. The van der Waals surface area contributed by atoms with E-state index < -0.39 is 29.1 Å². The first-order chi connectivity index (χ1) is 16.7. The van der Waals surface area contributed by atoms with Gasteiger partial charge < -0.3 is 24.1 Å². The number of hydrogen-bond acceptors (Lipinski definition) is 9. The van der Waals surface area contributed by atoms with E-state index in [2.05, 4.69) is 0 Å². The molecular formula is C26H24O9. The molecule has 0 amide bonds. The summed E-state index contributed by atoms with van der Waals surface area (Å²) in [6, 6.07) is 9.26. The second-order valence-electron chi connectivity index (χ2n) is 6.95. The second-order valence-corrected chi connectivity index (χ2v) is 6.95. The molecular weight excluding hydrogens is 456 g/mol. The van der Waals surface area contributed by atoms with Gasteiger partial charge >= 0.3 is 11.9 Å². The molecule has 0 bridgehead atoms. The summed E-state index contributed by atoms with van der Waals surface area (Å²) in [6.45, 7) is 2.52. The van der Waals surface area contributed by atoms with E-state index in [9.17, 15) is 24.3 Å². The van der Waals surface area contributed by atoms with E-state index in [1.165, 1.54) is 52.4 Å². The number of methoxy groups -OCH3 is 2. The summed E-state index contributed by atoms with van der Waals surface area (Å²) in [7, 11) is 2.80. The van der Waals surface area contributed by atoms with Gasteiger partial charge in [0.05, 0.1) is 20.5 Å². The Morgan fingerprint density at radius 1 is 0.686 bits per heavy atom. The first-order valence-electron chi connectivity index (χ1n) is 10.2. The maximum atomic E-state index is 12.5. The number of ether oxygens (including phenoxy) is 4. The molecule has 0 aromatic heterocycles. The highest BCUT2D eigenvalue weighted by molar-refractivity contribution is 6.28. The van der Waals surface area contributed by atoms with E-state index in [1.54, 1.807) is 24.3 Å².